The summed E-state index contributed by atoms with van der Waals surface area (Å²) in [5.74, 6) is 0.600. The summed E-state index contributed by atoms with van der Waals surface area (Å²) in [5, 5.41) is 11.6. The molecular weight excluding hydrogens is 435 g/mol. The molecule has 33 heavy (non-hydrogen) atoms. The summed E-state index contributed by atoms with van der Waals surface area (Å²) in [6, 6.07) is 7.11. The lowest BCUT2D eigenvalue weighted by Crippen LogP contribution is -2.61. The molecule has 0 radical (unpaired) electrons. The first-order chi connectivity index (χ1) is 15.8. The third-order valence-corrected chi connectivity index (χ3v) is 7.35. The third-order valence-electron chi connectivity index (χ3n) is 7.35. The normalized spacial score (nSPS) is 29.8. The van der Waals surface area contributed by atoms with Gasteiger partial charge in [-0.1, -0.05) is 12.1 Å². The van der Waals surface area contributed by atoms with Crippen molar-refractivity contribution < 1.29 is 18.0 Å². The second-order valence-corrected chi connectivity index (χ2v) is 9.02. The van der Waals surface area contributed by atoms with E-state index >= 15 is 0 Å². The van der Waals surface area contributed by atoms with Crippen molar-refractivity contribution in [1.29, 1.82) is 0 Å². The maximum atomic E-state index is 13.8. The standard InChI is InChI=1S/C22H20F3N7O/c1-12-14-8-21(14)9-15(30-18-11-26-17(10-27-18)22(23,24)25)19(21)31(12)20(33)13-4-2-3-5-16(13)32-28-6-7-29-32/h2-7,10-12,14-15,19H,8-9H2,1H3,(H,27,30). The summed E-state index contributed by atoms with van der Waals surface area (Å²) < 4.78 is 38.4. The summed E-state index contributed by atoms with van der Waals surface area (Å²) >= 11 is 0. The molecule has 5 atom stereocenters. The highest BCUT2D eigenvalue weighted by atomic mass is 19.4. The Kier molecular flexibility index (Phi) is 4.12. The fourth-order valence-electron chi connectivity index (χ4n) is 5.86. The molecule has 3 fully saturated rings. The maximum Gasteiger partial charge on any atom is 0.434 e. The minimum Gasteiger partial charge on any atom is -0.364 e. The number of rotatable bonds is 4. The Morgan fingerprint density at radius 1 is 1.12 bits per heavy atom. The molecule has 1 aliphatic heterocycles. The van der Waals surface area contributed by atoms with E-state index in [1.807, 2.05) is 17.0 Å². The Morgan fingerprint density at radius 2 is 1.88 bits per heavy atom. The first-order valence-corrected chi connectivity index (χ1v) is 10.7. The van der Waals surface area contributed by atoms with Crippen molar-refractivity contribution in [2.45, 2.75) is 44.1 Å². The number of aromatic nitrogens is 5. The van der Waals surface area contributed by atoms with E-state index in [4.69, 9.17) is 0 Å². The molecule has 3 aliphatic rings. The van der Waals surface area contributed by atoms with Crippen molar-refractivity contribution in [2.24, 2.45) is 11.3 Å². The first kappa shape index (κ1) is 20.1. The number of amides is 1. The molecule has 11 heteroatoms. The molecule has 8 nitrogen and oxygen atoms in total. The van der Waals surface area contributed by atoms with Crippen LogP contribution in [0.15, 0.2) is 49.1 Å². The predicted octanol–water partition coefficient (Wildman–Crippen LogP) is 3.18. The number of halogens is 3. The van der Waals surface area contributed by atoms with Crippen molar-refractivity contribution in [3.63, 3.8) is 0 Å². The van der Waals surface area contributed by atoms with Gasteiger partial charge in [0, 0.05) is 12.1 Å². The second kappa shape index (κ2) is 6.75. The van der Waals surface area contributed by atoms with Crippen LogP contribution < -0.4 is 5.32 Å². The Hall–Kier alpha value is -3.50. The molecule has 1 N–H and O–H groups in total. The summed E-state index contributed by atoms with van der Waals surface area (Å²) in [7, 11) is 0. The van der Waals surface area contributed by atoms with E-state index < -0.39 is 11.9 Å². The van der Waals surface area contributed by atoms with Crippen LogP contribution in [0.3, 0.4) is 0 Å². The molecule has 1 amide bonds. The maximum absolute atomic E-state index is 13.8. The molecule has 3 heterocycles. The van der Waals surface area contributed by atoms with E-state index in [9.17, 15) is 18.0 Å². The molecule has 2 aromatic heterocycles. The number of alkyl halides is 3. The van der Waals surface area contributed by atoms with Gasteiger partial charge in [0.1, 0.15) is 5.82 Å². The van der Waals surface area contributed by atoms with E-state index in [0.717, 1.165) is 25.2 Å². The van der Waals surface area contributed by atoms with Gasteiger partial charge in [-0.05, 0) is 43.2 Å². The zero-order chi connectivity index (χ0) is 23.0. The lowest BCUT2D eigenvalue weighted by Gasteiger charge is -2.49. The summed E-state index contributed by atoms with van der Waals surface area (Å²) in [6.07, 6.45) is 2.31. The molecular formula is C22H20F3N7O. The third kappa shape index (κ3) is 2.94. The van der Waals surface area contributed by atoms with Crippen molar-refractivity contribution in [2.75, 3.05) is 5.32 Å². The molecule has 1 saturated heterocycles. The van der Waals surface area contributed by atoms with E-state index in [2.05, 4.69) is 32.4 Å². The van der Waals surface area contributed by atoms with Crippen LogP contribution in [0.1, 0.15) is 35.8 Å². The number of nitrogens with zero attached hydrogens (tertiary/aromatic N) is 6. The number of anilines is 1. The Labute approximate surface area is 186 Å². The number of carbonyl (C=O) groups is 1. The predicted molar refractivity (Wildman–Crippen MR) is 110 cm³/mol. The summed E-state index contributed by atoms with van der Waals surface area (Å²) in [4.78, 5) is 24.5. The van der Waals surface area contributed by atoms with E-state index in [1.54, 1.807) is 24.5 Å². The largest absolute Gasteiger partial charge is 0.434 e. The zero-order valence-electron chi connectivity index (χ0n) is 17.6. The minimum atomic E-state index is -4.53. The lowest BCUT2D eigenvalue weighted by atomic mass is 9.71. The highest BCUT2D eigenvalue weighted by Gasteiger charge is 2.77. The molecule has 170 valence electrons. The van der Waals surface area contributed by atoms with E-state index in [0.29, 0.717) is 17.2 Å². The van der Waals surface area contributed by atoms with Crippen LogP contribution in [0, 0.1) is 11.3 Å². The molecule has 1 aromatic carbocycles. The number of piperidine rings is 1. The minimum absolute atomic E-state index is 0.0617. The molecule has 2 aliphatic carbocycles. The van der Waals surface area contributed by atoms with Crippen molar-refractivity contribution in [3.8, 4) is 5.69 Å². The van der Waals surface area contributed by atoms with Crippen molar-refractivity contribution in [3.05, 3.63) is 60.3 Å². The molecule has 1 spiro atoms. The molecule has 5 unspecified atom stereocenters. The van der Waals surface area contributed by atoms with Gasteiger partial charge in [-0.2, -0.15) is 28.2 Å². The number of nitrogens with one attached hydrogen (secondary N) is 1. The van der Waals surface area contributed by atoms with Gasteiger partial charge in [0.15, 0.2) is 5.69 Å². The van der Waals surface area contributed by atoms with Gasteiger partial charge in [-0.15, -0.1) is 0 Å². The number of para-hydroxylation sites is 1. The van der Waals surface area contributed by atoms with E-state index in [-0.39, 0.29) is 35.3 Å². The first-order valence-electron chi connectivity index (χ1n) is 10.7. The molecule has 0 bridgehead atoms. The van der Waals surface area contributed by atoms with Gasteiger partial charge in [-0.3, -0.25) is 4.79 Å². The van der Waals surface area contributed by atoms with Crippen molar-refractivity contribution in [1.82, 2.24) is 29.9 Å². The summed E-state index contributed by atoms with van der Waals surface area (Å²) in [6.45, 7) is 2.07. The Morgan fingerprint density at radius 3 is 2.58 bits per heavy atom. The topological polar surface area (TPSA) is 88.8 Å². The number of benzene rings is 1. The van der Waals surface area contributed by atoms with Crippen LogP contribution in [-0.2, 0) is 6.18 Å². The van der Waals surface area contributed by atoms with Gasteiger partial charge < -0.3 is 10.2 Å². The van der Waals surface area contributed by atoms with Crippen LogP contribution in [0.2, 0.25) is 0 Å². The van der Waals surface area contributed by atoms with Crippen LogP contribution >= 0.6 is 0 Å². The van der Waals surface area contributed by atoms with Crippen LogP contribution in [0.5, 0.6) is 0 Å². The number of hydrogen-bond donors (Lipinski definition) is 1. The van der Waals surface area contributed by atoms with Gasteiger partial charge in [0.25, 0.3) is 5.91 Å². The van der Waals surface area contributed by atoms with Gasteiger partial charge in [-0.25, -0.2) is 9.97 Å². The summed E-state index contributed by atoms with van der Waals surface area (Å²) in [5.41, 5.74) is 0.157. The van der Waals surface area contributed by atoms with Crippen LogP contribution in [0.25, 0.3) is 5.69 Å². The zero-order valence-corrected chi connectivity index (χ0v) is 17.6. The average molecular weight is 455 g/mol. The number of likely N-dealkylation sites (tertiary alicyclic amines) is 1. The van der Waals surface area contributed by atoms with Crippen LogP contribution in [-0.4, -0.2) is 53.9 Å². The monoisotopic (exact) mass is 455 g/mol. The van der Waals surface area contributed by atoms with Crippen LogP contribution in [0.4, 0.5) is 19.0 Å². The van der Waals surface area contributed by atoms with Gasteiger partial charge in [0.05, 0.1) is 42.1 Å². The van der Waals surface area contributed by atoms with E-state index in [1.165, 1.54) is 4.80 Å². The van der Waals surface area contributed by atoms with Crippen molar-refractivity contribution >= 4 is 11.7 Å². The SMILES string of the molecule is CC1C2CC23CC(Nc2cnc(C(F)(F)F)cn2)C3N1C(=O)c1ccccc1-n1nccn1. The van der Waals surface area contributed by atoms with Gasteiger partial charge >= 0.3 is 6.18 Å². The smallest absolute Gasteiger partial charge is 0.364 e. The molecule has 3 aromatic rings. The molecule has 2 saturated carbocycles. The Bertz CT molecular complexity index is 1210. The second-order valence-electron chi connectivity index (χ2n) is 9.02. The average Bonchev–Trinajstić information content (AvgIpc) is 3.23. The highest BCUT2D eigenvalue weighted by molar-refractivity contribution is 5.98. The fraction of sp³-hybridized carbons (Fsp3) is 0.409. The highest BCUT2D eigenvalue weighted by Crippen LogP contribution is 2.73. The fourth-order valence-corrected chi connectivity index (χ4v) is 5.86. The Balaban J connectivity index is 1.27. The quantitative estimate of drug-likeness (QED) is 0.650. The number of carbonyl (C=O) groups excluding carboxylic acids is 1. The number of hydrogen-bond acceptors (Lipinski definition) is 6. The van der Waals surface area contributed by atoms with Gasteiger partial charge in [0.2, 0.25) is 0 Å². The molecule has 6 rings (SSSR count). The lowest BCUT2D eigenvalue weighted by molar-refractivity contribution is -0.141.